The van der Waals surface area contributed by atoms with Crippen molar-refractivity contribution in [3.8, 4) is 5.75 Å². The number of nitro benzene ring substituents is 1. The Morgan fingerprint density at radius 3 is 2.14 bits per heavy atom. The molecule has 3 aromatic rings. The normalized spacial score (nSPS) is 17.7. The monoisotopic (exact) mass is 567 g/mol. The molecule has 5 rings (SSSR count). The van der Waals surface area contributed by atoms with E-state index >= 15 is 0 Å². The van der Waals surface area contributed by atoms with Crippen LogP contribution in [-0.4, -0.2) is 51.0 Å². The van der Waals surface area contributed by atoms with Gasteiger partial charge in [0.25, 0.3) is 23.4 Å². The molecule has 1 saturated heterocycles. The molecule has 1 heterocycles. The number of non-ortho nitro benzene ring substituents is 1. The van der Waals surface area contributed by atoms with Crippen molar-refractivity contribution in [1.82, 2.24) is 10.0 Å². The Bertz CT molecular complexity index is 1610. The molecule has 1 fully saturated rings. The third-order valence-corrected chi connectivity index (χ3v) is 7.29. The summed E-state index contributed by atoms with van der Waals surface area (Å²) in [6, 6.07) is 18.7. The van der Waals surface area contributed by atoms with E-state index in [1.165, 1.54) is 36.4 Å². The van der Waals surface area contributed by atoms with Gasteiger partial charge in [-0.25, -0.2) is 9.80 Å². The number of hydrogen-bond acceptors (Lipinski definition) is 8. The summed E-state index contributed by atoms with van der Waals surface area (Å²) in [5, 5.41) is 12.6. The third kappa shape index (κ3) is 5.57. The Morgan fingerprint density at radius 1 is 0.881 bits per heavy atom. The van der Waals surface area contributed by atoms with Gasteiger partial charge >= 0.3 is 5.97 Å². The Kier molecular flexibility index (Phi) is 7.74. The fourth-order valence-electron chi connectivity index (χ4n) is 5.04. The molecule has 2 atom stereocenters. The molecule has 11 heteroatoms. The van der Waals surface area contributed by atoms with Crippen molar-refractivity contribution in [2.75, 3.05) is 6.54 Å². The molecule has 0 N–H and O–H groups in total. The maximum atomic E-state index is 13.6. The lowest BCUT2D eigenvalue weighted by molar-refractivity contribution is -0.384. The first kappa shape index (κ1) is 28.1. The van der Waals surface area contributed by atoms with E-state index in [1.54, 1.807) is 30.3 Å². The molecule has 3 aromatic carbocycles. The van der Waals surface area contributed by atoms with Gasteiger partial charge in [0.1, 0.15) is 12.3 Å². The van der Waals surface area contributed by atoms with E-state index in [1.807, 2.05) is 13.0 Å². The fraction of sp³-hybridized carbons (Fsp3) is 0.194. The molecule has 1 aliphatic heterocycles. The van der Waals surface area contributed by atoms with E-state index in [-0.39, 0.29) is 22.6 Å². The van der Waals surface area contributed by atoms with Gasteiger partial charge in [0, 0.05) is 23.3 Å². The van der Waals surface area contributed by atoms with Crippen molar-refractivity contribution < 1.29 is 33.6 Å². The molecule has 3 amide bonds. The standard InChI is InChI=1S/C31H25N3O8/c1-19-7-16-25-26(17-19)30(38)33(29(25)37)32(28(36)21-8-12-23(13-9-21)34(40)41)18-27(35)20-10-14-24(15-11-20)42-31(39)22-5-3-2-4-6-22/h2-15,25-26H,16-18H2,1H3/t25-,26+/m1/s1. The second-order valence-corrected chi connectivity index (χ2v) is 10.1. The van der Waals surface area contributed by atoms with E-state index < -0.39 is 52.8 Å². The van der Waals surface area contributed by atoms with Crippen LogP contribution in [0.5, 0.6) is 5.75 Å². The van der Waals surface area contributed by atoms with Gasteiger partial charge in [-0.15, -0.1) is 0 Å². The average molecular weight is 568 g/mol. The Balaban J connectivity index is 1.39. The highest BCUT2D eigenvalue weighted by Crippen LogP contribution is 2.38. The number of carbonyl (C=O) groups excluding carboxylic acids is 5. The minimum absolute atomic E-state index is 0.0404. The minimum Gasteiger partial charge on any atom is -0.423 e. The van der Waals surface area contributed by atoms with Crippen LogP contribution in [0, 0.1) is 22.0 Å². The maximum absolute atomic E-state index is 13.6. The summed E-state index contributed by atoms with van der Waals surface area (Å²) in [6.45, 7) is 1.21. The first-order chi connectivity index (χ1) is 20.1. The van der Waals surface area contributed by atoms with Gasteiger partial charge in [0.2, 0.25) is 0 Å². The Hall–Kier alpha value is -5.45. The highest BCUT2D eigenvalue weighted by molar-refractivity contribution is 6.10. The van der Waals surface area contributed by atoms with Crippen molar-refractivity contribution in [1.29, 1.82) is 0 Å². The van der Waals surface area contributed by atoms with Gasteiger partial charge in [0.05, 0.1) is 22.3 Å². The number of fused-ring (bicyclic) bond motifs is 1. The van der Waals surface area contributed by atoms with Gasteiger partial charge < -0.3 is 4.74 Å². The van der Waals surface area contributed by atoms with Crippen molar-refractivity contribution in [3.63, 3.8) is 0 Å². The number of allylic oxidation sites excluding steroid dienone is 2. The van der Waals surface area contributed by atoms with Gasteiger partial charge in [-0.3, -0.25) is 29.3 Å². The van der Waals surface area contributed by atoms with Crippen LogP contribution in [0.4, 0.5) is 5.69 Å². The van der Waals surface area contributed by atoms with Crippen LogP contribution in [0.15, 0.2) is 90.5 Å². The molecule has 0 aromatic heterocycles. The molecule has 212 valence electrons. The molecule has 2 aliphatic rings. The minimum atomic E-state index is -0.836. The highest BCUT2D eigenvalue weighted by Gasteiger charge is 2.51. The SMILES string of the molecule is CC1=CC[C@H]2C(=O)N(N(CC(=O)c3ccc(OC(=O)c4ccccc4)cc3)C(=O)c3ccc([N+](=O)[O-])cc3)C(=O)[C@H]2C1. The number of nitrogens with zero attached hydrogens (tertiary/aromatic N) is 3. The summed E-state index contributed by atoms with van der Waals surface area (Å²) in [4.78, 5) is 76.6. The van der Waals surface area contributed by atoms with Crippen molar-refractivity contribution in [3.05, 3.63) is 117 Å². The third-order valence-electron chi connectivity index (χ3n) is 7.29. The fourth-order valence-corrected chi connectivity index (χ4v) is 5.04. The van der Waals surface area contributed by atoms with Crippen molar-refractivity contribution in [2.45, 2.75) is 19.8 Å². The number of Topliss-reactive ketones (excluding diaryl/α,β-unsaturated/α-hetero) is 1. The lowest BCUT2D eigenvalue weighted by Gasteiger charge is -2.30. The number of amides is 3. The van der Waals surface area contributed by atoms with Crippen LogP contribution in [0.3, 0.4) is 0 Å². The molecule has 1 aliphatic carbocycles. The van der Waals surface area contributed by atoms with Crippen LogP contribution in [0.2, 0.25) is 0 Å². The topological polar surface area (TPSA) is 144 Å². The molecule has 11 nitrogen and oxygen atoms in total. The smallest absolute Gasteiger partial charge is 0.343 e. The summed E-state index contributed by atoms with van der Waals surface area (Å²) in [7, 11) is 0. The number of benzene rings is 3. The van der Waals surface area contributed by atoms with E-state index in [9.17, 15) is 34.1 Å². The summed E-state index contributed by atoms with van der Waals surface area (Å²) in [5.74, 6) is -4.27. The number of hydrogen-bond donors (Lipinski definition) is 0. The number of ketones is 1. The van der Waals surface area contributed by atoms with E-state index in [4.69, 9.17) is 4.74 Å². The van der Waals surface area contributed by atoms with Gasteiger partial charge in [-0.2, -0.15) is 5.01 Å². The molecule has 0 bridgehead atoms. The number of nitro groups is 1. The number of carbonyl (C=O) groups is 5. The first-order valence-corrected chi connectivity index (χ1v) is 13.1. The van der Waals surface area contributed by atoms with E-state index in [0.717, 1.165) is 27.7 Å². The van der Waals surface area contributed by atoms with Crippen molar-refractivity contribution >= 4 is 35.2 Å². The molecular weight excluding hydrogens is 542 g/mol. The Morgan fingerprint density at radius 2 is 1.50 bits per heavy atom. The molecule has 42 heavy (non-hydrogen) atoms. The second-order valence-electron chi connectivity index (χ2n) is 10.1. The maximum Gasteiger partial charge on any atom is 0.343 e. The summed E-state index contributed by atoms with van der Waals surface area (Å²) in [6.07, 6.45) is 2.59. The van der Waals surface area contributed by atoms with E-state index in [2.05, 4.69) is 0 Å². The molecule has 0 radical (unpaired) electrons. The lowest BCUT2D eigenvalue weighted by Crippen LogP contribution is -2.52. The Labute approximate surface area is 240 Å². The predicted octanol–water partition coefficient (Wildman–Crippen LogP) is 4.40. The van der Waals surface area contributed by atoms with Crippen LogP contribution < -0.4 is 4.74 Å². The average Bonchev–Trinajstić information content (AvgIpc) is 3.24. The highest BCUT2D eigenvalue weighted by atomic mass is 16.6. The molecular formula is C31H25N3O8. The van der Waals surface area contributed by atoms with Gasteiger partial charge in [0.15, 0.2) is 5.78 Å². The first-order valence-electron chi connectivity index (χ1n) is 13.1. The zero-order valence-corrected chi connectivity index (χ0v) is 22.5. The zero-order valence-electron chi connectivity index (χ0n) is 22.5. The van der Waals surface area contributed by atoms with Crippen LogP contribution in [0.1, 0.15) is 50.8 Å². The molecule has 0 saturated carbocycles. The number of esters is 1. The predicted molar refractivity (Wildman–Crippen MR) is 148 cm³/mol. The summed E-state index contributed by atoms with van der Waals surface area (Å²) >= 11 is 0. The number of hydrazine groups is 1. The molecule has 0 unspecified atom stereocenters. The lowest BCUT2D eigenvalue weighted by atomic mass is 9.82. The number of ether oxygens (including phenoxy) is 1. The zero-order chi connectivity index (χ0) is 30.0. The van der Waals surface area contributed by atoms with Gasteiger partial charge in [-0.05, 0) is 68.3 Å². The second kappa shape index (κ2) is 11.6. The van der Waals surface area contributed by atoms with E-state index in [0.29, 0.717) is 18.4 Å². The largest absolute Gasteiger partial charge is 0.423 e. The molecule has 0 spiro atoms. The summed E-state index contributed by atoms with van der Waals surface area (Å²) in [5.41, 5.74) is 1.16. The van der Waals surface area contributed by atoms with Crippen molar-refractivity contribution in [2.24, 2.45) is 11.8 Å². The van der Waals surface area contributed by atoms with Crippen LogP contribution in [-0.2, 0) is 9.59 Å². The van der Waals surface area contributed by atoms with Gasteiger partial charge in [-0.1, -0.05) is 29.8 Å². The summed E-state index contributed by atoms with van der Waals surface area (Å²) < 4.78 is 5.35. The van der Waals surface area contributed by atoms with Crippen LogP contribution in [0.25, 0.3) is 0 Å². The quantitative estimate of drug-likeness (QED) is 0.0741. The number of rotatable bonds is 8. The number of imide groups is 1. The van der Waals surface area contributed by atoms with Crippen LogP contribution >= 0.6 is 0 Å².